The standard InChI is InChI=1S/C15H11BrFNS/c1-10-2-5-12(6-3-10)19-18-9-14(16)13-7-4-11(17)8-15(13)18/h2-9H,1H3. The van der Waals surface area contributed by atoms with Crippen LogP contribution in [0.25, 0.3) is 10.9 Å². The minimum absolute atomic E-state index is 0.219. The van der Waals surface area contributed by atoms with Crippen LogP contribution in [0.2, 0.25) is 0 Å². The second kappa shape index (κ2) is 5.02. The first-order valence-corrected chi connectivity index (χ1v) is 7.41. The van der Waals surface area contributed by atoms with Gasteiger partial charge in [-0.15, -0.1) is 0 Å². The third-order valence-corrected chi connectivity index (χ3v) is 4.52. The molecule has 0 unspecified atom stereocenters. The van der Waals surface area contributed by atoms with Crippen molar-refractivity contribution in [1.82, 2.24) is 3.97 Å². The van der Waals surface area contributed by atoms with E-state index >= 15 is 0 Å². The fourth-order valence-electron chi connectivity index (χ4n) is 1.92. The van der Waals surface area contributed by atoms with Gasteiger partial charge in [-0.25, -0.2) is 4.39 Å². The van der Waals surface area contributed by atoms with E-state index in [1.54, 1.807) is 24.1 Å². The number of aromatic nitrogens is 1. The van der Waals surface area contributed by atoms with E-state index in [2.05, 4.69) is 47.1 Å². The first-order chi connectivity index (χ1) is 9.13. The first-order valence-electron chi connectivity index (χ1n) is 5.84. The van der Waals surface area contributed by atoms with Crippen LogP contribution in [-0.4, -0.2) is 3.97 Å². The molecule has 0 atom stereocenters. The molecule has 0 aliphatic rings. The molecule has 0 spiro atoms. The van der Waals surface area contributed by atoms with Crippen molar-refractivity contribution >= 4 is 38.8 Å². The number of nitrogens with zero attached hydrogens (tertiary/aromatic N) is 1. The molecule has 96 valence electrons. The Labute approximate surface area is 123 Å². The lowest BCUT2D eigenvalue weighted by Gasteiger charge is -2.04. The van der Waals surface area contributed by atoms with Crippen LogP contribution >= 0.6 is 27.9 Å². The van der Waals surface area contributed by atoms with Gasteiger partial charge >= 0.3 is 0 Å². The van der Waals surface area contributed by atoms with Crippen molar-refractivity contribution in [2.24, 2.45) is 0 Å². The summed E-state index contributed by atoms with van der Waals surface area (Å²) < 4.78 is 16.3. The van der Waals surface area contributed by atoms with Crippen molar-refractivity contribution < 1.29 is 4.39 Å². The summed E-state index contributed by atoms with van der Waals surface area (Å²) in [6, 6.07) is 13.1. The number of hydrogen-bond donors (Lipinski definition) is 0. The van der Waals surface area contributed by atoms with E-state index in [9.17, 15) is 4.39 Å². The summed E-state index contributed by atoms with van der Waals surface area (Å²) in [5.74, 6) is -0.219. The highest BCUT2D eigenvalue weighted by molar-refractivity contribution is 9.10. The molecule has 0 radical (unpaired) electrons. The maximum absolute atomic E-state index is 13.4. The Bertz CT molecular complexity index is 734. The van der Waals surface area contributed by atoms with E-state index in [1.807, 2.05) is 10.2 Å². The summed E-state index contributed by atoms with van der Waals surface area (Å²) >= 11 is 5.09. The normalized spacial score (nSPS) is 11.1. The molecule has 0 aliphatic carbocycles. The molecule has 0 bridgehead atoms. The highest BCUT2D eigenvalue weighted by Crippen LogP contribution is 2.32. The summed E-state index contributed by atoms with van der Waals surface area (Å²) in [5.41, 5.74) is 2.10. The topological polar surface area (TPSA) is 4.93 Å². The summed E-state index contributed by atoms with van der Waals surface area (Å²) in [4.78, 5) is 1.12. The van der Waals surface area contributed by atoms with Crippen LogP contribution in [0.15, 0.2) is 58.0 Å². The fourth-order valence-corrected chi connectivity index (χ4v) is 3.49. The van der Waals surface area contributed by atoms with Gasteiger partial charge in [0.2, 0.25) is 0 Å². The number of aryl methyl sites for hydroxylation is 1. The third-order valence-electron chi connectivity index (χ3n) is 2.91. The Morgan fingerprint density at radius 3 is 2.58 bits per heavy atom. The van der Waals surface area contributed by atoms with E-state index in [-0.39, 0.29) is 5.82 Å². The van der Waals surface area contributed by atoms with Crippen molar-refractivity contribution in [2.75, 3.05) is 0 Å². The van der Waals surface area contributed by atoms with Crippen LogP contribution in [0.4, 0.5) is 4.39 Å². The maximum atomic E-state index is 13.4. The van der Waals surface area contributed by atoms with Crippen LogP contribution in [0, 0.1) is 12.7 Å². The molecule has 3 rings (SSSR count). The molecular weight excluding hydrogens is 325 g/mol. The number of benzene rings is 2. The molecule has 2 aromatic carbocycles. The van der Waals surface area contributed by atoms with E-state index in [0.29, 0.717) is 0 Å². The van der Waals surface area contributed by atoms with Crippen molar-refractivity contribution in [1.29, 1.82) is 0 Å². The van der Waals surface area contributed by atoms with Crippen LogP contribution < -0.4 is 0 Å². The average Bonchev–Trinajstić information content (AvgIpc) is 2.69. The zero-order valence-electron chi connectivity index (χ0n) is 10.2. The Kier molecular flexibility index (Phi) is 3.37. The average molecular weight is 336 g/mol. The van der Waals surface area contributed by atoms with Crippen molar-refractivity contribution in [3.8, 4) is 0 Å². The number of fused-ring (bicyclic) bond motifs is 1. The lowest BCUT2D eigenvalue weighted by atomic mass is 10.2. The van der Waals surface area contributed by atoms with Gasteiger partial charge in [0.1, 0.15) is 5.82 Å². The number of halogens is 2. The third kappa shape index (κ3) is 2.55. The van der Waals surface area contributed by atoms with Gasteiger partial charge in [-0.3, -0.25) is 3.97 Å². The summed E-state index contributed by atoms with van der Waals surface area (Å²) in [6.07, 6.45) is 1.97. The number of rotatable bonds is 2. The van der Waals surface area contributed by atoms with Crippen molar-refractivity contribution in [2.45, 2.75) is 11.8 Å². The monoisotopic (exact) mass is 335 g/mol. The van der Waals surface area contributed by atoms with E-state index < -0.39 is 0 Å². The molecule has 4 heteroatoms. The van der Waals surface area contributed by atoms with Gasteiger partial charge in [-0.2, -0.15) is 0 Å². The quantitative estimate of drug-likeness (QED) is 0.606. The molecule has 0 saturated heterocycles. The lowest BCUT2D eigenvalue weighted by molar-refractivity contribution is 0.629. The first kappa shape index (κ1) is 12.8. The second-order valence-corrected chi connectivity index (χ2v) is 6.27. The lowest BCUT2D eigenvalue weighted by Crippen LogP contribution is -1.85. The molecule has 3 aromatic rings. The molecule has 1 aromatic heterocycles. The highest BCUT2D eigenvalue weighted by atomic mass is 79.9. The van der Waals surface area contributed by atoms with Crippen molar-refractivity contribution in [3.63, 3.8) is 0 Å². The Hall–Kier alpha value is -1.26. The molecule has 19 heavy (non-hydrogen) atoms. The Morgan fingerprint density at radius 2 is 1.84 bits per heavy atom. The van der Waals surface area contributed by atoms with Crippen LogP contribution in [0.5, 0.6) is 0 Å². The zero-order chi connectivity index (χ0) is 13.4. The SMILES string of the molecule is Cc1ccc(Sn2cc(Br)c3ccc(F)cc32)cc1. The van der Waals surface area contributed by atoms with E-state index in [1.165, 1.54) is 11.6 Å². The summed E-state index contributed by atoms with van der Waals surface area (Å²) in [7, 11) is 0. The van der Waals surface area contributed by atoms with Gasteiger partial charge in [0.15, 0.2) is 0 Å². The molecule has 1 heterocycles. The Morgan fingerprint density at radius 1 is 1.11 bits per heavy atom. The van der Waals surface area contributed by atoms with Gasteiger partial charge in [0, 0.05) is 21.0 Å². The smallest absolute Gasteiger partial charge is 0.125 e. The second-order valence-electron chi connectivity index (χ2n) is 4.37. The molecular formula is C15H11BrFNS. The molecule has 0 fully saturated rings. The predicted octanol–water partition coefficient (Wildman–Crippen LogP) is 5.41. The summed E-state index contributed by atoms with van der Waals surface area (Å²) in [6.45, 7) is 2.06. The molecule has 0 N–H and O–H groups in total. The minimum Gasteiger partial charge on any atom is -0.286 e. The molecule has 1 nitrogen and oxygen atoms in total. The van der Waals surface area contributed by atoms with Gasteiger partial charge in [0.05, 0.1) is 5.52 Å². The van der Waals surface area contributed by atoms with Gasteiger partial charge < -0.3 is 0 Å². The van der Waals surface area contributed by atoms with Gasteiger partial charge in [0.25, 0.3) is 0 Å². The summed E-state index contributed by atoms with van der Waals surface area (Å²) in [5, 5.41) is 1.01. The fraction of sp³-hybridized carbons (Fsp3) is 0.0667. The Balaban J connectivity index is 2.05. The van der Waals surface area contributed by atoms with Gasteiger partial charge in [-0.1, -0.05) is 17.7 Å². The minimum atomic E-state index is -0.219. The largest absolute Gasteiger partial charge is 0.286 e. The van der Waals surface area contributed by atoms with Crippen molar-refractivity contribution in [3.05, 3.63) is 64.5 Å². The van der Waals surface area contributed by atoms with Crippen LogP contribution in [-0.2, 0) is 0 Å². The molecule has 0 amide bonds. The van der Waals surface area contributed by atoms with E-state index in [4.69, 9.17) is 0 Å². The van der Waals surface area contributed by atoms with E-state index in [0.717, 1.165) is 20.3 Å². The number of hydrogen-bond acceptors (Lipinski definition) is 1. The maximum Gasteiger partial charge on any atom is 0.125 e. The van der Waals surface area contributed by atoms with Crippen LogP contribution in [0.1, 0.15) is 5.56 Å². The highest BCUT2D eigenvalue weighted by Gasteiger charge is 2.08. The van der Waals surface area contributed by atoms with Gasteiger partial charge in [-0.05, 0) is 65.1 Å². The molecule has 0 saturated carbocycles. The zero-order valence-corrected chi connectivity index (χ0v) is 12.6. The van der Waals surface area contributed by atoms with Crippen LogP contribution in [0.3, 0.4) is 0 Å². The molecule has 0 aliphatic heterocycles. The predicted molar refractivity (Wildman–Crippen MR) is 82.0 cm³/mol.